The summed E-state index contributed by atoms with van der Waals surface area (Å²) in [7, 11) is 0. The number of unbranched alkanes of at least 4 members (excludes halogenated alkanes) is 1. The van der Waals surface area contributed by atoms with Gasteiger partial charge in [0.1, 0.15) is 0 Å². The van der Waals surface area contributed by atoms with Gasteiger partial charge in [0.25, 0.3) is 0 Å². The van der Waals surface area contributed by atoms with E-state index in [1.54, 1.807) is 0 Å². The second kappa shape index (κ2) is 6.11. The molecule has 1 rings (SSSR count). The van der Waals surface area contributed by atoms with Gasteiger partial charge < -0.3 is 11.1 Å². The maximum Gasteiger partial charge on any atom is 0.227 e. The molecule has 0 radical (unpaired) electrons. The zero-order valence-electron chi connectivity index (χ0n) is 9.85. The minimum atomic E-state index is -0.244. The van der Waals surface area contributed by atoms with Crippen molar-refractivity contribution >= 4 is 5.91 Å². The lowest BCUT2D eigenvalue weighted by Gasteiger charge is -2.34. The second-order valence-electron chi connectivity index (χ2n) is 4.65. The lowest BCUT2D eigenvalue weighted by molar-refractivity contribution is -0.132. The van der Waals surface area contributed by atoms with Crippen LogP contribution in [-0.4, -0.2) is 19.0 Å². The van der Waals surface area contributed by atoms with E-state index in [2.05, 4.69) is 12.2 Å². The first-order valence-corrected chi connectivity index (χ1v) is 6.23. The molecule has 3 nitrogen and oxygen atoms in total. The summed E-state index contributed by atoms with van der Waals surface area (Å²) in [5, 5.41) is 3.03. The number of rotatable bonds is 5. The molecular weight excluding hydrogens is 188 g/mol. The highest BCUT2D eigenvalue weighted by Crippen LogP contribution is 2.35. The predicted octanol–water partition coefficient (Wildman–Crippen LogP) is 1.81. The lowest BCUT2D eigenvalue weighted by Crippen LogP contribution is -2.47. The average molecular weight is 212 g/mol. The van der Waals surface area contributed by atoms with Gasteiger partial charge >= 0.3 is 0 Å². The van der Waals surface area contributed by atoms with Crippen molar-refractivity contribution in [3.8, 4) is 0 Å². The van der Waals surface area contributed by atoms with Gasteiger partial charge in [-0.3, -0.25) is 4.79 Å². The number of hydrogen-bond acceptors (Lipinski definition) is 2. The summed E-state index contributed by atoms with van der Waals surface area (Å²) < 4.78 is 0. The molecule has 15 heavy (non-hydrogen) atoms. The van der Waals surface area contributed by atoms with Crippen molar-refractivity contribution in [2.45, 2.75) is 51.9 Å². The molecule has 1 aliphatic carbocycles. The van der Waals surface area contributed by atoms with Gasteiger partial charge in [-0.2, -0.15) is 0 Å². The van der Waals surface area contributed by atoms with E-state index in [4.69, 9.17) is 5.73 Å². The largest absolute Gasteiger partial charge is 0.356 e. The second-order valence-corrected chi connectivity index (χ2v) is 4.65. The van der Waals surface area contributed by atoms with Crippen LogP contribution in [0, 0.1) is 5.41 Å². The highest BCUT2D eigenvalue weighted by Gasteiger charge is 2.37. The molecule has 0 aliphatic heterocycles. The third-order valence-corrected chi connectivity index (χ3v) is 3.50. The smallest absolute Gasteiger partial charge is 0.227 e. The summed E-state index contributed by atoms with van der Waals surface area (Å²) in [4.78, 5) is 12.0. The quantitative estimate of drug-likeness (QED) is 0.683. The minimum absolute atomic E-state index is 0.193. The van der Waals surface area contributed by atoms with E-state index < -0.39 is 0 Å². The van der Waals surface area contributed by atoms with Crippen molar-refractivity contribution in [1.82, 2.24) is 5.32 Å². The molecule has 0 aromatic rings. The number of carbonyl (C=O) groups is 1. The monoisotopic (exact) mass is 212 g/mol. The van der Waals surface area contributed by atoms with Crippen LogP contribution in [-0.2, 0) is 4.79 Å². The summed E-state index contributed by atoms with van der Waals surface area (Å²) in [5.41, 5.74) is 5.54. The Kier molecular flexibility index (Phi) is 5.09. The van der Waals surface area contributed by atoms with E-state index in [1.807, 2.05) is 0 Å². The molecule has 0 bridgehead atoms. The van der Waals surface area contributed by atoms with Crippen LogP contribution in [0.15, 0.2) is 0 Å². The summed E-state index contributed by atoms with van der Waals surface area (Å²) in [6, 6.07) is 0. The van der Waals surface area contributed by atoms with Crippen LogP contribution in [0.4, 0.5) is 0 Å². The van der Waals surface area contributed by atoms with Crippen molar-refractivity contribution in [3.63, 3.8) is 0 Å². The molecule has 0 unspecified atom stereocenters. The SMILES string of the molecule is CCCCNC(=O)C1(CN)CCCCC1. The molecule has 0 aromatic carbocycles. The predicted molar refractivity (Wildman–Crippen MR) is 62.5 cm³/mol. The lowest BCUT2D eigenvalue weighted by atomic mass is 9.73. The summed E-state index contributed by atoms with van der Waals surface area (Å²) in [6.45, 7) is 3.44. The van der Waals surface area contributed by atoms with Crippen molar-refractivity contribution in [3.05, 3.63) is 0 Å². The van der Waals surface area contributed by atoms with Crippen molar-refractivity contribution in [2.24, 2.45) is 11.1 Å². The molecule has 0 saturated heterocycles. The fraction of sp³-hybridized carbons (Fsp3) is 0.917. The van der Waals surface area contributed by atoms with Gasteiger partial charge in [0, 0.05) is 13.1 Å². The molecule has 3 N–H and O–H groups in total. The highest BCUT2D eigenvalue weighted by atomic mass is 16.2. The van der Waals surface area contributed by atoms with Crippen LogP contribution < -0.4 is 11.1 Å². The first-order valence-electron chi connectivity index (χ1n) is 6.23. The first kappa shape index (κ1) is 12.5. The van der Waals surface area contributed by atoms with E-state index in [9.17, 15) is 4.79 Å². The van der Waals surface area contributed by atoms with Crippen molar-refractivity contribution in [1.29, 1.82) is 0 Å². The molecular formula is C12H24N2O. The Balaban J connectivity index is 2.45. The summed E-state index contributed by atoms with van der Waals surface area (Å²) in [6.07, 6.45) is 7.69. The average Bonchev–Trinajstić information content (AvgIpc) is 2.30. The maximum atomic E-state index is 12.0. The molecule has 1 fully saturated rings. The first-order chi connectivity index (χ1) is 7.25. The molecule has 0 spiro atoms. The van der Waals surface area contributed by atoms with Crippen LogP contribution in [0.1, 0.15) is 51.9 Å². The van der Waals surface area contributed by atoms with Crippen LogP contribution in [0.2, 0.25) is 0 Å². The molecule has 88 valence electrons. The topological polar surface area (TPSA) is 55.1 Å². The molecule has 0 heterocycles. The van der Waals surface area contributed by atoms with E-state index >= 15 is 0 Å². The molecule has 1 aliphatic rings. The number of carbonyl (C=O) groups excluding carboxylic acids is 1. The fourth-order valence-electron chi connectivity index (χ4n) is 2.32. The summed E-state index contributed by atoms with van der Waals surface area (Å²) >= 11 is 0. The third kappa shape index (κ3) is 3.20. The van der Waals surface area contributed by atoms with Gasteiger partial charge in [-0.05, 0) is 19.3 Å². The van der Waals surface area contributed by atoms with Crippen molar-refractivity contribution < 1.29 is 4.79 Å². The Morgan fingerprint density at radius 1 is 1.33 bits per heavy atom. The van der Waals surface area contributed by atoms with Crippen LogP contribution in [0.25, 0.3) is 0 Å². The third-order valence-electron chi connectivity index (χ3n) is 3.50. The Bertz CT molecular complexity index is 198. The number of amides is 1. The van der Waals surface area contributed by atoms with E-state index in [-0.39, 0.29) is 11.3 Å². The molecule has 0 atom stereocenters. The Labute approximate surface area is 92.8 Å². The van der Waals surface area contributed by atoms with E-state index in [1.165, 1.54) is 6.42 Å². The van der Waals surface area contributed by atoms with E-state index in [0.29, 0.717) is 6.54 Å². The number of hydrogen-bond donors (Lipinski definition) is 2. The van der Waals surface area contributed by atoms with E-state index in [0.717, 1.165) is 45.1 Å². The normalized spacial score (nSPS) is 19.9. The van der Waals surface area contributed by atoms with Crippen LogP contribution >= 0.6 is 0 Å². The Morgan fingerprint density at radius 2 is 2.00 bits per heavy atom. The molecule has 3 heteroatoms. The van der Waals surface area contributed by atoms with Gasteiger partial charge in [0.05, 0.1) is 5.41 Å². The van der Waals surface area contributed by atoms with Gasteiger partial charge in [-0.1, -0.05) is 32.6 Å². The van der Waals surface area contributed by atoms with Crippen molar-refractivity contribution in [2.75, 3.05) is 13.1 Å². The Morgan fingerprint density at radius 3 is 2.53 bits per heavy atom. The number of nitrogens with one attached hydrogen (secondary N) is 1. The summed E-state index contributed by atoms with van der Waals surface area (Å²) in [5.74, 6) is 0.193. The van der Waals surface area contributed by atoms with Gasteiger partial charge in [-0.15, -0.1) is 0 Å². The van der Waals surface area contributed by atoms with Gasteiger partial charge in [0.15, 0.2) is 0 Å². The zero-order valence-corrected chi connectivity index (χ0v) is 9.85. The molecule has 0 aromatic heterocycles. The highest BCUT2D eigenvalue weighted by molar-refractivity contribution is 5.82. The van der Waals surface area contributed by atoms with Gasteiger partial charge in [0.2, 0.25) is 5.91 Å². The van der Waals surface area contributed by atoms with Crippen LogP contribution in [0.3, 0.4) is 0 Å². The fourth-order valence-corrected chi connectivity index (χ4v) is 2.32. The maximum absolute atomic E-state index is 12.0. The number of nitrogens with two attached hydrogens (primary N) is 1. The minimum Gasteiger partial charge on any atom is -0.356 e. The standard InChI is InChI=1S/C12H24N2O/c1-2-3-9-14-11(15)12(10-13)7-5-4-6-8-12/h2-10,13H2,1H3,(H,14,15). The zero-order chi connectivity index (χ0) is 11.1. The molecule has 1 saturated carbocycles. The van der Waals surface area contributed by atoms with Crippen LogP contribution in [0.5, 0.6) is 0 Å². The molecule has 1 amide bonds. The van der Waals surface area contributed by atoms with Gasteiger partial charge in [-0.25, -0.2) is 0 Å². The Hall–Kier alpha value is -0.570.